The van der Waals surface area contributed by atoms with Crippen LogP contribution in [0.25, 0.3) is 10.9 Å². The Morgan fingerprint density at radius 1 is 1.22 bits per heavy atom. The number of hydrogen-bond donors (Lipinski definition) is 1. The van der Waals surface area contributed by atoms with Crippen LogP contribution in [0.1, 0.15) is 12.8 Å². The van der Waals surface area contributed by atoms with Crippen LogP contribution in [0.4, 0.5) is 10.5 Å². The number of nitrogens with zero attached hydrogens (tertiary/aromatic N) is 2. The van der Waals surface area contributed by atoms with Crippen molar-refractivity contribution in [3.8, 4) is 0 Å². The molecule has 18 heavy (non-hydrogen) atoms. The summed E-state index contributed by atoms with van der Waals surface area (Å²) in [6, 6.07) is 8.11. The Morgan fingerprint density at radius 3 is 2.72 bits per heavy atom. The number of fused-ring (bicyclic) bond motifs is 1. The largest absolute Gasteiger partial charge is 0.348 e. The van der Waals surface area contributed by atoms with E-state index in [0.29, 0.717) is 0 Å². The number of nitrogens with one attached hydrogen (secondary N) is 1. The number of carbonyl (C=O) groups excluding carboxylic acids is 1. The number of benzene rings is 1. The fourth-order valence-electron chi connectivity index (χ4n) is 2.56. The molecule has 0 spiro atoms. The van der Waals surface area contributed by atoms with Crippen LogP contribution in [-0.4, -0.2) is 28.6 Å². The minimum atomic E-state index is 0.0175. The molecule has 2 aromatic rings. The molecule has 3 rings (SSSR count). The molecular weight excluding hydrogens is 226 g/mol. The van der Waals surface area contributed by atoms with Gasteiger partial charge in [-0.1, -0.05) is 18.2 Å². The number of anilines is 1. The van der Waals surface area contributed by atoms with Crippen molar-refractivity contribution in [1.82, 2.24) is 9.47 Å². The highest BCUT2D eigenvalue weighted by Crippen LogP contribution is 2.25. The number of amides is 2. The number of carbonyl (C=O) groups is 1. The first-order valence-electron chi connectivity index (χ1n) is 6.36. The summed E-state index contributed by atoms with van der Waals surface area (Å²) < 4.78 is 2.04. The zero-order valence-corrected chi connectivity index (χ0v) is 10.5. The van der Waals surface area contributed by atoms with E-state index in [1.54, 1.807) is 0 Å². The second kappa shape index (κ2) is 4.37. The summed E-state index contributed by atoms with van der Waals surface area (Å²) in [5, 5.41) is 4.10. The van der Waals surface area contributed by atoms with Gasteiger partial charge in [-0.05, 0) is 18.9 Å². The van der Waals surface area contributed by atoms with Gasteiger partial charge in [0.1, 0.15) is 0 Å². The first-order chi connectivity index (χ1) is 8.75. The van der Waals surface area contributed by atoms with Gasteiger partial charge in [-0.25, -0.2) is 4.79 Å². The van der Waals surface area contributed by atoms with E-state index in [2.05, 4.69) is 11.4 Å². The molecular formula is C14H17N3O. The Hall–Kier alpha value is -1.97. The van der Waals surface area contributed by atoms with Gasteiger partial charge in [-0.15, -0.1) is 0 Å². The minimum Gasteiger partial charge on any atom is -0.348 e. The highest BCUT2D eigenvalue weighted by Gasteiger charge is 2.18. The highest BCUT2D eigenvalue weighted by molar-refractivity contribution is 6.01. The molecule has 0 saturated carbocycles. The molecule has 0 radical (unpaired) electrons. The molecule has 4 nitrogen and oxygen atoms in total. The van der Waals surface area contributed by atoms with Crippen molar-refractivity contribution in [3.63, 3.8) is 0 Å². The van der Waals surface area contributed by atoms with Crippen LogP contribution in [0.3, 0.4) is 0 Å². The Bertz CT molecular complexity index is 582. The number of urea groups is 1. The predicted molar refractivity (Wildman–Crippen MR) is 72.7 cm³/mol. The average Bonchev–Trinajstić information content (AvgIpc) is 3.00. The van der Waals surface area contributed by atoms with E-state index in [4.69, 9.17) is 0 Å². The topological polar surface area (TPSA) is 37.3 Å². The van der Waals surface area contributed by atoms with Crippen LogP contribution >= 0.6 is 0 Å². The van der Waals surface area contributed by atoms with Gasteiger partial charge in [0.25, 0.3) is 0 Å². The Kier molecular flexibility index (Phi) is 2.70. The summed E-state index contributed by atoms with van der Waals surface area (Å²) in [5.41, 5.74) is 2.03. The molecule has 1 N–H and O–H groups in total. The van der Waals surface area contributed by atoms with Gasteiger partial charge in [-0.2, -0.15) is 0 Å². The summed E-state index contributed by atoms with van der Waals surface area (Å²) in [5.74, 6) is 0. The van der Waals surface area contributed by atoms with Crippen LogP contribution in [0.2, 0.25) is 0 Å². The SMILES string of the molecule is Cn1cc(NC(=O)N2CCCC2)c2ccccc21. The third-order valence-electron chi connectivity index (χ3n) is 3.53. The first-order valence-corrected chi connectivity index (χ1v) is 6.36. The zero-order valence-electron chi connectivity index (χ0n) is 10.5. The Morgan fingerprint density at radius 2 is 1.94 bits per heavy atom. The zero-order chi connectivity index (χ0) is 12.5. The van der Waals surface area contributed by atoms with E-state index in [1.165, 1.54) is 0 Å². The van der Waals surface area contributed by atoms with Crippen molar-refractivity contribution in [2.45, 2.75) is 12.8 Å². The van der Waals surface area contributed by atoms with Crippen molar-refractivity contribution < 1.29 is 4.79 Å². The first kappa shape index (κ1) is 11.1. The lowest BCUT2D eigenvalue weighted by Gasteiger charge is -2.15. The van der Waals surface area contributed by atoms with Crippen molar-refractivity contribution in [2.75, 3.05) is 18.4 Å². The van der Waals surface area contributed by atoms with Crippen LogP contribution in [0, 0.1) is 0 Å². The summed E-state index contributed by atoms with van der Waals surface area (Å²) in [6.45, 7) is 1.74. The van der Waals surface area contributed by atoms with Gasteiger partial charge in [0.15, 0.2) is 0 Å². The molecule has 1 fully saturated rings. The summed E-state index contributed by atoms with van der Waals surface area (Å²) in [4.78, 5) is 13.9. The van der Waals surface area contributed by atoms with E-state index in [-0.39, 0.29) is 6.03 Å². The molecule has 1 aromatic heterocycles. The normalized spacial score (nSPS) is 15.3. The molecule has 0 unspecified atom stereocenters. The summed E-state index contributed by atoms with van der Waals surface area (Å²) in [7, 11) is 1.99. The quantitative estimate of drug-likeness (QED) is 0.821. The van der Waals surface area contributed by atoms with Crippen LogP contribution in [0.5, 0.6) is 0 Å². The van der Waals surface area contributed by atoms with Gasteiger partial charge >= 0.3 is 6.03 Å². The summed E-state index contributed by atoms with van der Waals surface area (Å²) in [6.07, 6.45) is 4.20. The molecule has 4 heteroatoms. The number of aromatic nitrogens is 1. The van der Waals surface area contributed by atoms with Crippen LogP contribution < -0.4 is 5.32 Å². The minimum absolute atomic E-state index is 0.0175. The molecule has 2 heterocycles. The van der Waals surface area contributed by atoms with Crippen molar-refractivity contribution in [1.29, 1.82) is 0 Å². The van der Waals surface area contributed by atoms with Gasteiger partial charge < -0.3 is 14.8 Å². The lowest BCUT2D eigenvalue weighted by Crippen LogP contribution is -2.32. The standard InChI is InChI=1S/C14H17N3O/c1-16-10-12(11-6-2-3-7-13(11)16)15-14(18)17-8-4-5-9-17/h2-3,6-7,10H,4-5,8-9H2,1H3,(H,15,18). The average molecular weight is 243 g/mol. The van der Waals surface area contributed by atoms with E-state index in [1.807, 2.05) is 40.9 Å². The number of aryl methyl sites for hydroxylation is 1. The second-order valence-electron chi connectivity index (χ2n) is 4.80. The van der Waals surface area contributed by atoms with E-state index >= 15 is 0 Å². The molecule has 1 aliphatic heterocycles. The second-order valence-corrected chi connectivity index (χ2v) is 4.80. The molecule has 2 amide bonds. The van der Waals surface area contributed by atoms with E-state index < -0.39 is 0 Å². The fourth-order valence-corrected chi connectivity index (χ4v) is 2.56. The lowest BCUT2D eigenvalue weighted by atomic mass is 10.2. The third-order valence-corrected chi connectivity index (χ3v) is 3.53. The van der Waals surface area contributed by atoms with Crippen molar-refractivity contribution in [2.24, 2.45) is 7.05 Å². The van der Waals surface area contributed by atoms with Crippen molar-refractivity contribution in [3.05, 3.63) is 30.5 Å². The maximum Gasteiger partial charge on any atom is 0.321 e. The van der Waals surface area contributed by atoms with E-state index in [0.717, 1.165) is 42.5 Å². The predicted octanol–water partition coefficient (Wildman–Crippen LogP) is 2.81. The number of rotatable bonds is 1. The molecule has 1 saturated heterocycles. The number of hydrogen-bond acceptors (Lipinski definition) is 1. The lowest BCUT2D eigenvalue weighted by molar-refractivity contribution is 0.222. The Balaban J connectivity index is 1.88. The molecule has 0 bridgehead atoms. The van der Waals surface area contributed by atoms with Crippen LogP contribution in [-0.2, 0) is 7.05 Å². The monoisotopic (exact) mass is 243 g/mol. The highest BCUT2D eigenvalue weighted by atomic mass is 16.2. The van der Waals surface area contributed by atoms with Gasteiger partial charge in [-0.3, -0.25) is 0 Å². The third kappa shape index (κ3) is 1.83. The van der Waals surface area contributed by atoms with Gasteiger partial charge in [0, 0.05) is 37.2 Å². The molecule has 1 aliphatic rings. The molecule has 1 aromatic carbocycles. The maximum absolute atomic E-state index is 12.1. The van der Waals surface area contributed by atoms with Crippen LogP contribution in [0.15, 0.2) is 30.5 Å². The van der Waals surface area contributed by atoms with Crippen molar-refractivity contribution >= 4 is 22.6 Å². The van der Waals surface area contributed by atoms with Gasteiger partial charge in [0.05, 0.1) is 5.69 Å². The molecule has 0 aliphatic carbocycles. The molecule has 94 valence electrons. The fraction of sp³-hybridized carbons (Fsp3) is 0.357. The Labute approximate surface area is 106 Å². The van der Waals surface area contributed by atoms with Gasteiger partial charge in [0.2, 0.25) is 0 Å². The number of para-hydroxylation sites is 1. The van der Waals surface area contributed by atoms with E-state index in [9.17, 15) is 4.79 Å². The molecule has 0 atom stereocenters. The summed E-state index contributed by atoms with van der Waals surface area (Å²) >= 11 is 0. The number of likely N-dealkylation sites (tertiary alicyclic amines) is 1. The smallest absolute Gasteiger partial charge is 0.321 e. The maximum atomic E-state index is 12.1.